The van der Waals surface area contributed by atoms with Crippen molar-refractivity contribution in [1.29, 1.82) is 0 Å². The molecule has 0 fully saturated rings. The Bertz CT molecular complexity index is 1300. The summed E-state index contributed by atoms with van der Waals surface area (Å²) in [6.07, 6.45) is 0.825. The van der Waals surface area contributed by atoms with E-state index in [1.807, 2.05) is 16.8 Å². The van der Waals surface area contributed by atoms with Crippen LogP contribution in [0.5, 0.6) is 0 Å². The normalized spacial score (nSPS) is 13.2. The lowest BCUT2D eigenvalue weighted by Gasteiger charge is -2.32. The number of aryl methyl sites for hydroxylation is 2. The van der Waals surface area contributed by atoms with E-state index in [1.54, 1.807) is 11.3 Å². The molecule has 0 saturated heterocycles. The summed E-state index contributed by atoms with van der Waals surface area (Å²) in [6, 6.07) is 10.4. The van der Waals surface area contributed by atoms with Crippen LogP contribution < -0.4 is 5.56 Å². The van der Waals surface area contributed by atoms with Gasteiger partial charge in [0, 0.05) is 29.0 Å². The Balaban J connectivity index is 1.76. The molecule has 1 aromatic carbocycles. The predicted molar refractivity (Wildman–Crippen MR) is 133 cm³/mol. The first kappa shape index (κ1) is 23.3. The third-order valence-electron chi connectivity index (χ3n) is 6.10. The molecule has 0 aliphatic carbocycles. The number of hydrogen-bond donors (Lipinski definition) is 1. The van der Waals surface area contributed by atoms with Crippen molar-refractivity contribution in [2.45, 2.75) is 72.6 Å². The van der Waals surface area contributed by atoms with E-state index in [4.69, 9.17) is 0 Å². The van der Waals surface area contributed by atoms with Crippen LogP contribution in [-0.2, 0) is 18.6 Å². The summed E-state index contributed by atoms with van der Waals surface area (Å²) in [5.41, 5.74) is 3.72. The van der Waals surface area contributed by atoms with E-state index in [1.165, 1.54) is 16.0 Å². The lowest BCUT2D eigenvalue weighted by molar-refractivity contribution is 0.155. The molecule has 0 bridgehead atoms. The summed E-state index contributed by atoms with van der Waals surface area (Å²) in [4.78, 5) is 19.7. The Labute approximate surface area is 198 Å². The fourth-order valence-corrected chi connectivity index (χ4v) is 4.95. The van der Waals surface area contributed by atoms with Crippen LogP contribution in [0.1, 0.15) is 67.5 Å². The average Bonchev–Trinajstić information content (AvgIpc) is 3.43. The third kappa shape index (κ3) is 4.91. The monoisotopic (exact) mass is 464 g/mol. The molecule has 0 spiro atoms. The molecule has 0 amide bonds. The standard InChI is InChI=1S/C25H32N6OS/c1-7-22(23-27-28-29-31(23)25(4,5)6)30(15-20-9-8-10-33-20)14-19-13-18-11-16(2)17(3)12-21(18)26-24(19)32/h8-13,22H,7,14-15H2,1-6H3,(H,26,32). The van der Waals surface area contributed by atoms with Gasteiger partial charge in [0.15, 0.2) is 5.82 Å². The van der Waals surface area contributed by atoms with Gasteiger partial charge in [-0.15, -0.1) is 16.4 Å². The van der Waals surface area contributed by atoms with E-state index in [2.05, 4.69) is 90.5 Å². The number of nitrogens with one attached hydrogen (secondary N) is 1. The summed E-state index contributed by atoms with van der Waals surface area (Å²) in [7, 11) is 0. The van der Waals surface area contributed by atoms with E-state index in [-0.39, 0.29) is 17.1 Å². The number of tetrazole rings is 1. The van der Waals surface area contributed by atoms with E-state index >= 15 is 0 Å². The molecule has 4 rings (SSSR count). The van der Waals surface area contributed by atoms with Gasteiger partial charge in [0.2, 0.25) is 0 Å². The lowest BCUT2D eigenvalue weighted by Crippen LogP contribution is -2.35. The second-order valence-corrected chi connectivity index (χ2v) is 10.7. The number of aromatic nitrogens is 5. The second-order valence-electron chi connectivity index (χ2n) is 9.68. The quantitative estimate of drug-likeness (QED) is 0.411. The summed E-state index contributed by atoms with van der Waals surface area (Å²) in [6.45, 7) is 13.8. The fraction of sp³-hybridized carbons (Fsp3) is 0.440. The minimum atomic E-state index is -0.239. The first-order valence-corrected chi connectivity index (χ1v) is 12.2. The van der Waals surface area contributed by atoms with E-state index in [9.17, 15) is 4.79 Å². The number of benzene rings is 1. The highest BCUT2D eigenvalue weighted by Gasteiger charge is 2.29. The minimum Gasteiger partial charge on any atom is -0.322 e. The van der Waals surface area contributed by atoms with E-state index in [0.29, 0.717) is 6.54 Å². The number of H-pyrrole nitrogens is 1. The van der Waals surface area contributed by atoms with Crippen LogP contribution in [0.15, 0.2) is 40.5 Å². The van der Waals surface area contributed by atoms with Gasteiger partial charge in [0.25, 0.3) is 5.56 Å². The van der Waals surface area contributed by atoms with Crippen LogP contribution in [0, 0.1) is 13.8 Å². The first-order valence-electron chi connectivity index (χ1n) is 11.4. The van der Waals surface area contributed by atoms with Crippen molar-refractivity contribution < 1.29 is 0 Å². The van der Waals surface area contributed by atoms with Crippen molar-refractivity contribution in [3.05, 3.63) is 73.5 Å². The predicted octanol–water partition coefficient (Wildman–Crippen LogP) is 5.10. The smallest absolute Gasteiger partial charge is 0.252 e. The molecule has 3 aromatic heterocycles. The van der Waals surface area contributed by atoms with Crippen LogP contribution >= 0.6 is 11.3 Å². The van der Waals surface area contributed by atoms with Gasteiger partial charge >= 0.3 is 0 Å². The molecule has 1 N–H and O–H groups in total. The molecular formula is C25H32N6OS. The van der Waals surface area contributed by atoms with Crippen molar-refractivity contribution >= 4 is 22.2 Å². The topological polar surface area (TPSA) is 79.7 Å². The Morgan fingerprint density at radius 2 is 1.91 bits per heavy atom. The molecule has 1 atom stereocenters. The zero-order valence-electron chi connectivity index (χ0n) is 20.2. The SMILES string of the molecule is CCC(c1nnnn1C(C)(C)C)N(Cc1cccs1)Cc1cc2cc(C)c(C)cc2[nH]c1=O. The minimum absolute atomic E-state index is 0.0313. The van der Waals surface area contributed by atoms with Gasteiger partial charge in [-0.3, -0.25) is 9.69 Å². The van der Waals surface area contributed by atoms with Gasteiger partial charge in [0.05, 0.1) is 11.6 Å². The van der Waals surface area contributed by atoms with Gasteiger partial charge in [-0.2, -0.15) is 0 Å². The molecule has 1 unspecified atom stereocenters. The number of pyridine rings is 1. The van der Waals surface area contributed by atoms with Crippen molar-refractivity contribution in [2.75, 3.05) is 0 Å². The first-order chi connectivity index (χ1) is 15.7. The van der Waals surface area contributed by atoms with Crippen molar-refractivity contribution in [3.8, 4) is 0 Å². The Kier molecular flexibility index (Phi) is 6.50. The van der Waals surface area contributed by atoms with Crippen LogP contribution in [-0.4, -0.2) is 30.1 Å². The van der Waals surface area contributed by atoms with Crippen LogP contribution in [0.3, 0.4) is 0 Å². The number of nitrogens with zero attached hydrogens (tertiary/aromatic N) is 5. The van der Waals surface area contributed by atoms with Crippen LogP contribution in [0.2, 0.25) is 0 Å². The number of fused-ring (bicyclic) bond motifs is 1. The lowest BCUT2D eigenvalue weighted by atomic mass is 10.0. The second kappa shape index (κ2) is 9.19. The molecule has 0 aliphatic rings. The molecular weight excluding hydrogens is 432 g/mol. The van der Waals surface area contributed by atoms with Crippen LogP contribution in [0.4, 0.5) is 0 Å². The maximum Gasteiger partial charge on any atom is 0.252 e. The molecule has 0 radical (unpaired) electrons. The Morgan fingerprint density at radius 1 is 1.15 bits per heavy atom. The number of hydrogen-bond acceptors (Lipinski definition) is 6. The third-order valence-corrected chi connectivity index (χ3v) is 6.96. The number of thiophene rings is 1. The highest BCUT2D eigenvalue weighted by Crippen LogP contribution is 2.30. The van der Waals surface area contributed by atoms with Crippen molar-refractivity contribution in [2.24, 2.45) is 0 Å². The van der Waals surface area contributed by atoms with Gasteiger partial charge in [0.1, 0.15) is 0 Å². The van der Waals surface area contributed by atoms with Gasteiger partial charge < -0.3 is 4.98 Å². The van der Waals surface area contributed by atoms with E-state index in [0.717, 1.165) is 35.3 Å². The van der Waals surface area contributed by atoms with Gasteiger partial charge in [-0.25, -0.2) is 4.68 Å². The highest BCUT2D eigenvalue weighted by molar-refractivity contribution is 7.09. The molecule has 174 valence electrons. The summed E-state index contributed by atoms with van der Waals surface area (Å²) < 4.78 is 1.90. The Morgan fingerprint density at radius 3 is 2.58 bits per heavy atom. The zero-order chi connectivity index (χ0) is 23.8. The molecule has 0 aliphatic heterocycles. The zero-order valence-corrected chi connectivity index (χ0v) is 21.0. The number of aromatic amines is 1. The summed E-state index contributed by atoms with van der Waals surface area (Å²) in [5, 5.41) is 15.8. The molecule has 7 nitrogen and oxygen atoms in total. The fourth-order valence-electron chi connectivity index (χ4n) is 4.22. The molecule has 8 heteroatoms. The van der Waals surface area contributed by atoms with E-state index < -0.39 is 0 Å². The van der Waals surface area contributed by atoms with Crippen molar-refractivity contribution in [1.82, 2.24) is 30.1 Å². The van der Waals surface area contributed by atoms with Gasteiger partial charge in [-0.05, 0) is 97.6 Å². The molecule has 4 aromatic rings. The largest absolute Gasteiger partial charge is 0.322 e. The molecule has 33 heavy (non-hydrogen) atoms. The molecule has 3 heterocycles. The summed E-state index contributed by atoms with van der Waals surface area (Å²) >= 11 is 1.72. The Hall–Kier alpha value is -2.84. The van der Waals surface area contributed by atoms with Crippen molar-refractivity contribution in [3.63, 3.8) is 0 Å². The maximum absolute atomic E-state index is 13.1. The summed E-state index contributed by atoms with van der Waals surface area (Å²) in [5.74, 6) is 0.824. The van der Waals surface area contributed by atoms with Gasteiger partial charge in [-0.1, -0.05) is 13.0 Å². The highest BCUT2D eigenvalue weighted by atomic mass is 32.1. The maximum atomic E-state index is 13.1. The molecule has 0 saturated carbocycles. The van der Waals surface area contributed by atoms with Crippen LogP contribution in [0.25, 0.3) is 10.9 Å². The number of rotatable bonds is 7. The average molecular weight is 465 g/mol.